The molecule has 19 heavy (non-hydrogen) atoms. The van der Waals surface area contributed by atoms with Crippen LogP contribution in [0.25, 0.3) is 0 Å². The Bertz CT molecular complexity index is 282. The molecule has 0 aliphatic heterocycles. The molecule has 0 rings (SSSR count). The van der Waals surface area contributed by atoms with Gasteiger partial charge in [-0.2, -0.15) is 0 Å². The van der Waals surface area contributed by atoms with Gasteiger partial charge in [0.15, 0.2) is 0 Å². The van der Waals surface area contributed by atoms with E-state index in [0.29, 0.717) is 0 Å². The van der Waals surface area contributed by atoms with Crippen molar-refractivity contribution in [1.29, 1.82) is 0 Å². The first-order valence-corrected chi connectivity index (χ1v) is 32.2. The number of rotatable bonds is 6. The van der Waals surface area contributed by atoms with Gasteiger partial charge in [-0.25, -0.2) is 0 Å². The third-order valence-electron chi connectivity index (χ3n) is 2.46. The monoisotopic (exact) mass is 670 g/mol. The van der Waals surface area contributed by atoms with Gasteiger partial charge in [-0.1, -0.05) is 0 Å². The zero-order chi connectivity index (χ0) is 15.1. The first-order chi connectivity index (χ1) is 8.81. The van der Waals surface area contributed by atoms with E-state index in [1.165, 1.54) is 0 Å². The summed E-state index contributed by atoms with van der Waals surface area (Å²) in [5.41, 5.74) is 0. The Labute approximate surface area is 157 Å². The summed E-state index contributed by atoms with van der Waals surface area (Å²) in [5.74, 6) is 0. The number of hydrogen-bond acceptors (Lipinski definition) is 4. The fourth-order valence-electron chi connectivity index (χ4n) is 1.32. The van der Waals surface area contributed by atoms with Gasteiger partial charge in [-0.3, -0.25) is 0 Å². The molecular formula is C10H20I2N2S4Sn. The minimum atomic E-state index is -2.39. The fourth-order valence-corrected chi connectivity index (χ4v) is 49.1. The summed E-state index contributed by atoms with van der Waals surface area (Å²) in [6, 6.07) is 0. The third-order valence-corrected chi connectivity index (χ3v) is 35.8. The predicted molar refractivity (Wildman–Crippen MR) is 120 cm³/mol. The first kappa shape index (κ1) is 21.7. The van der Waals surface area contributed by atoms with Crippen LogP contribution in [0.15, 0.2) is 0 Å². The van der Waals surface area contributed by atoms with E-state index < -0.39 is 7.67 Å². The van der Waals surface area contributed by atoms with Crippen LogP contribution < -0.4 is 0 Å². The molecule has 0 radical (unpaired) electrons. The van der Waals surface area contributed by atoms with Crippen LogP contribution in [0.1, 0.15) is 27.7 Å². The van der Waals surface area contributed by atoms with Gasteiger partial charge in [0.2, 0.25) is 0 Å². The summed E-state index contributed by atoms with van der Waals surface area (Å²) in [4.78, 5) is 4.51. The van der Waals surface area contributed by atoms with Crippen LogP contribution >= 0.6 is 79.6 Å². The second-order valence-corrected chi connectivity index (χ2v) is 77.3. The Balaban J connectivity index is 4.54. The minimum absolute atomic E-state index is 0.989. The molecule has 0 aliphatic rings. The van der Waals surface area contributed by atoms with Crippen LogP contribution in [0, 0.1) is 0 Å². The molecule has 0 N–H and O–H groups in total. The molecule has 112 valence electrons. The second kappa shape index (κ2) is 11.3. The van der Waals surface area contributed by atoms with Crippen molar-refractivity contribution in [3.8, 4) is 0 Å². The van der Waals surface area contributed by atoms with Gasteiger partial charge >= 0.3 is 160 Å². The average molecular weight is 669 g/mol. The maximum atomic E-state index is 5.56. The Morgan fingerprint density at radius 2 is 1.11 bits per heavy atom. The van der Waals surface area contributed by atoms with Crippen LogP contribution in [0.3, 0.4) is 0 Å². The number of thiocarbonyl (C=S) groups is 2. The SMILES string of the molecule is CCN(CC)C(=S)[S][Sn]([I])([I])[S]C(=S)N(CC)CC. The molecule has 2 nitrogen and oxygen atoms in total. The number of halogens is 2. The topological polar surface area (TPSA) is 6.48 Å². The van der Waals surface area contributed by atoms with Crippen molar-refractivity contribution in [2.45, 2.75) is 27.7 Å². The molecule has 0 atom stereocenters. The molecule has 0 saturated heterocycles. The van der Waals surface area contributed by atoms with Gasteiger partial charge in [-0.15, -0.1) is 0 Å². The maximum absolute atomic E-state index is 5.56. The van der Waals surface area contributed by atoms with E-state index in [-0.39, 0.29) is 0 Å². The molecule has 0 aromatic carbocycles. The quantitative estimate of drug-likeness (QED) is 0.222. The number of hydrogen-bond donors (Lipinski definition) is 0. The average Bonchev–Trinajstić information content (AvgIpc) is 2.30. The summed E-state index contributed by atoms with van der Waals surface area (Å²) in [7, 11) is 1.44. The van der Waals surface area contributed by atoms with Crippen LogP contribution in [0.2, 0.25) is 0 Å². The van der Waals surface area contributed by atoms with Crippen molar-refractivity contribution >= 4 is 95.9 Å². The van der Waals surface area contributed by atoms with E-state index in [2.05, 4.69) is 74.8 Å². The standard InChI is InChI=1S/2C5H11NS2.2HI.Sn/c2*1-3-6(4-2)5(7)8;;;/h2*3-4H2,1-2H3,(H,7,8);2*1H;/q;;;;+4/p-4. The molecule has 0 unspecified atom stereocenters. The summed E-state index contributed by atoms with van der Waals surface area (Å²) < 4.78 is 2.08. The molecule has 0 aromatic heterocycles. The van der Waals surface area contributed by atoms with E-state index in [9.17, 15) is 0 Å². The zero-order valence-corrected chi connectivity index (χ0v) is 22.0. The van der Waals surface area contributed by atoms with Crippen molar-refractivity contribution in [3.05, 3.63) is 0 Å². The molecule has 0 heterocycles. The van der Waals surface area contributed by atoms with Crippen molar-refractivity contribution in [3.63, 3.8) is 0 Å². The molecule has 0 fully saturated rings. The fraction of sp³-hybridized carbons (Fsp3) is 0.800. The Morgan fingerprint density at radius 1 is 0.842 bits per heavy atom. The molecule has 0 aromatic rings. The van der Waals surface area contributed by atoms with E-state index in [1.807, 2.05) is 17.9 Å². The van der Waals surface area contributed by atoms with E-state index in [4.69, 9.17) is 24.4 Å². The van der Waals surface area contributed by atoms with Gasteiger partial charge in [0, 0.05) is 0 Å². The van der Waals surface area contributed by atoms with Crippen LogP contribution in [0.4, 0.5) is 0 Å². The summed E-state index contributed by atoms with van der Waals surface area (Å²) in [6.07, 6.45) is 0. The van der Waals surface area contributed by atoms with E-state index in [1.54, 1.807) is 0 Å². The first-order valence-electron chi connectivity index (χ1n) is 6.14. The van der Waals surface area contributed by atoms with Crippen molar-refractivity contribution in [2.24, 2.45) is 0 Å². The molecule has 9 heteroatoms. The van der Waals surface area contributed by atoms with E-state index >= 15 is 0 Å². The van der Waals surface area contributed by atoms with Gasteiger partial charge in [0.1, 0.15) is 0 Å². The van der Waals surface area contributed by atoms with Gasteiger partial charge in [0.05, 0.1) is 0 Å². The Hall–Kier alpha value is 2.74. The van der Waals surface area contributed by atoms with Gasteiger partial charge in [-0.05, 0) is 0 Å². The molecular weight excluding hydrogens is 649 g/mol. The van der Waals surface area contributed by atoms with Gasteiger partial charge < -0.3 is 0 Å². The Kier molecular flexibility index (Phi) is 12.9. The van der Waals surface area contributed by atoms with E-state index in [0.717, 1.165) is 34.8 Å². The zero-order valence-electron chi connectivity index (χ0n) is 11.6. The van der Waals surface area contributed by atoms with Crippen LogP contribution in [-0.2, 0) is 0 Å². The summed E-state index contributed by atoms with van der Waals surface area (Å²) in [5, 5.41) is 0. The molecule has 0 amide bonds. The molecule has 0 aliphatic carbocycles. The van der Waals surface area contributed by atoms with Crippen molar-refractivity contribution in [1.82, 2.24) is 9.80 Å². The predicted octanol–water partition coefficient (Wildman–Crippen LogP) is 5.01. The second-order valence-electron chi connectivity index (χ2n) is 3.54. The summed E-state index contributed by atoms with van der Waals surface area (Å²) in [6.45, 7) is 12.6. The third kappa shape index (κ3) is 8.82. The molecule has 0 spiro atoms. The molecule has 0 bridgehead atoms. The summed E-state index contributed by atoms with van der Waals surface area (Å²) >= 11 is 16.4. The molecule has 0 saturated carbocycles. The van der Waals surface area contributed by atoms with Crippen molar-refractivity contribution in [2.75, 3.05) is 26.2 Å². The van der Waals surface area contributed by atoms with Crippen molar-refractivity contribution < 1.29 is 0 Å². The van der Waals surface area contributed by atoms with Crippen LogP contribution in [-0.4, -0.2) is 52.3 Å². The van der Waals surface area contributed by atoms with Gasteiger partial charge in [0.25, 0.3) is 0 Å². The number of nitrogens with zero attached hydrogens (tertiary/aromatic N) is 2. The normalized spacial score (nSPS) is 11.3. The van der Waals surface area contributed by atoms with Crippen LogP contribution in [0.5, 0.6) is 0 Å². The Morgan fingerprint density at radius 3 is 1.32 bits per heavy atom.